The number of aromatic amines is 1. The van der Waals surface area contributed by atoms with E-state index >= 15 is 0 Å². The van der Waals surface area contributed by atoms with Gasteiger partial charge in [-0.1, -0.05) is 0 Å². The maximum Gasteiger partial charge on any atom is 0.257 e. The zero-order chi connectivity index (χ0) is 19.3. The van der Waals surface area contributed by atoms with E-state index in [0.29, 0.717) is 18.7 Å². The number of aromatic nitrogens is 6. The Hall–Kier alpha value is -2.97. The van der Waals surface area contributed by atoms with E-state index in [0.717, 1.165) is 54.6 Å². The van der Waals surface area contributed by atoms with Crippen LogP contribution in [0.4, 0.5) is 5.82 Å². The number of nitrogens with zero attached hydrogens (tertiary/aromatic N) is 7. The molecule has 3 aromatic rings. The van der Waals surface area contributed by atoms with E-state index < -0.39 is 0 Å². The van der Waals surface area contributed by atoms with Crippen LogP contribution in [0.15, 0.2) is 12.1 Å². The molecule has 146 valence electrons. The van der Waals surface area contributed by atoms with Gasteiger partial charge < -0.3 is 9.80 Å². The van der Waals surface area contributed by atoms with Gasteiger partial charge >= 0.3 is 0 Å². The van der Waals surface area contributed by atoms with Gasteiger partial charge in [-0.15, -0.1) is 15.3 Å². The van der Waals surface area contributed by atoms with Crippen molar-refractivity contribution < 1.29 is 4.79 Å². The number of likely N-dealkylation sites (tertiary alicyclic amines) is 1. The summed E-state index contributed by atoms with van der Waals surface area (Å²) in [4.78, 5) is 17.1. The van der Waals surface area contributed by atoms with Gasteiger partial charge in [0.1, 0.15) is 5.82 Å². The third-order valence-electron chi connectivity index (χ3n) is 5.94. The maximum atomic E-state index is 12.9. The third kappa shape index (κ3) is 2.73. The highest BCUT2D eigenvalue weighted by Gasteiger charge is 2.30. The Bertz CT molecular complexity index is 1010. The summed E-state index contributed by atoms with van der Waals surface area (Å²) in [5.74, 6) is 2.20. The van der Waals surface area contributed by atoms with Gasteiger partial charge in [0.15, 0.2) is 11.5 Å². The monoisotopic (exact) mass is 380 g/mol. The smallest absolute Gasteiger partial charge is 0.257 e. The second kappa shape index (κ2) is 6.57. The van der Waals surface area contributed by atoms with Gasteiger partial charge in [-0.2, -0.15) is 9.61 Å². The van der Waals surface area contributed by atoms with E-state index in [1.165, 1.54) is 6.42 Å². The Labute approximate surface area is 162 Å². The van der Waals surface area contributed by atoms with E-state index in [9.17, 15) is 4.79 Å². The zero-order valence-corrected chi connectivity index (χ0v) is 16.2. The van der Waals surface area contributed by atoms with E-state index in [1.807, 2.05) is 35.4 Å². The molecule has 1 N–H and O–H groups in total. The predicted octanol–water partition coefficient (Wildman–Crippen LogP) is 1.69. The van der Waals surface area contributed by atoms with Gasteiger partial charge in [0.25, 0.3) is 5.91 Å². The Morgan fingerprint density at radius 3 is 2.54 bits per heavy atom. The second-order valence-electron chi connectivity index (χ2n) is 7.74. The predicted molar refractivity (Wildman–Crippen MR) is 104 cm³/mol. The first kappa shape index (κ1) is 17.2. The number of carbonyl (C=O) groups excluding carboxylic acids is 1. The van der Waals surface area contributed by atoms with Crippen LogP contribution in [-0.2, 0) is 0 Å². The fraction of sp³-hybridized carbons (Fsp3) is 0.526. The summed E-state index contributed by atoms with van der Waals surface area (Å²) in [5.41, 5.74) is 3.07. The molecule has 9 nitrogen and oxygen atoms in total. The number of nitrogens with one attached hydrogen (secondary N) is 1. The Balaban J connectivity index is 1.33. The summed E-state index contributed by atoms with van der Waals surface area (Å²) in [6.45, 7) is 7.28. The van der Waals surface area contributed by atoms with Crippen molar-refractivity contribution in [3.05, 3.63) is 34.9 Å². The normalized spacial score (nSPS) is 17.9. The van der Waals surface area contributed by atoms with Crippen molar-refractivity contribution in [2.45, 2.75) is 39.0 Å². The van der Waals surface area contributed by atoms with Crippen LogP contribution in [0.2, 0.25) is 0 Å². The number of anilines is 1. The molecule has 2 aliphatic heterocycles. The number of aryl methyl sites for hydroxylation is 2. The van der Waals surface area contributed by atoms with Crippen LogP contribution in [-0.4, -0.2) is 67.0 Å². The molecule has 0 bridgehead atoms. The lowest BCUT2D eigenvalue weighted by Gasteiger charge is -2.32. The fourth-order valence-corrected chi connectivity index (χ4v) is 4.13. The van der Waals surface area contributed by atoms with Crippen LogP contribution in [0.3, 0.4) is 0 Å². The minimum Gasteiger partial charge on any atom is -0.355 e. The first-order valence-corrected chi connectivity index (χ1v) is 9.90. The highest BCUT2D eigenvalue weighted by Crippen LogP contribution is 2.29. The third-order valence-corrected chi connectivity index (χ3v) is 5.94. The molecule has 0 atom stereocenters. The molecule has 0 aromatic carbocycles. The highest BCUT2D eigenvalue weighted by molar-refractivity contribution is 5.96. The van der Waals surface area contributed by atoms with Gasteiger partial charge in [0, 0.05) is 37.8 Å². The summed E-state index contributed by atoms with van der Waals surface area (Å²) in [5, 5.41) is 20.5. The summed E-state index contributed by atoms with van der Waals surface area (Å²) < 4.78 is 1.89. The highest BCUT2D eigenvalue weighted by atomic mass is 16.2. The Kier molecular flexibility index (Phi) is 4.03. The second-order valence-corrected chi connectivity index (χ2v) is 7.74. The van der Waals surface area contributed by atoms with Crippen molar-refractivity contribution in [3.8, 4) is 0 Å². The number of fused-ring (bicyclic) bond motifs is 1. The molecule has 2 aliphatic rings. The van der Waals surface area contributed by atoms with Gasteiger partial charge in [-0.05, 0) is 45.2 Å². The van der Waals surface area contributed by atoms with Crippen molar-refractivity contribution in [1.29, 1.82) is 0 Å². The maximum absolute atomic E-state index is 12.9. The molecule has 0 spiro atoms. The van der Waals surface area contributed by atoms with Crippen LogP contribution in [0.1, 0.15) is 52.8 Å². The minimum atomic E-state index is 0.0616. The molecule has 2 saturated heterocycles. The molecule has 0 saturated carbocycles. The number of rotatable bonds is 3. The summed E-state index contributed by atoms with van der Waals surface area (Å²) in [6, 6.07) is 4.00. The molecule has 1 amide bonds. The molecule has 0 radical (unpaired) electrons. The summed E-state index contributed by atoms with van der Waals surface area (Å²) in [7, 11) is 0. The molecule has 5 heterocycles. The minimum absolute atomic E-state index is 0.0616. The number of carbonyl (C=O) groups is 1. The molecule has 0 aliphatic carbocycles. The van der Waals surface area contributed by atoms with E-state index in [-0.39, 0.29) is 11.8 Å². The number of hydrogen-bond acceptors (Lipinski definition) is 6. The van der Waals surface area contributed by atoms with Gasteiger partial charge in [0.2, 0.25) is 0 Å². The molecule has 5 rings (SSSR count). The summed E-state index contributed by atoms with van der Waals surface area (Å²) in [6.07, 6.45) is 2.94. The number of H-pyrrole nitrogens is 1. The number of hydrogen-bond donors (Lipinski definition) is 1. The lowest BCUT2D eigenvalue weighted by molar-refractivity contribution is 0.0709. The van der Waals surface area contributed by atoms with Crippen molar-refractivity contribution in [1.82, 2.24) is 34.9 Å². The topological polar surface area (TPSA) is 95.3 Å². The standard InChI is InChI=1S/C19H24N8O/c1-12-17(13(2)21-20-12)19(28)26-10-6-14(7-11-26)18-23-22-15-4-5-16(24-27(15)18)25-8-3-9-25/h4-5,14H,3,6-11H2,1-2H3,(H,20,21). The lowest BCUT2D eigenvalue weighted by Crippen LogP contribution is -2.39. The molecule has 0 unspecified atom stereocenters. The van der Waals surface area contributed by atoms with Crippen LogP contribution >= 0.6 is 0 Å². The number of amides is 1. The van der Waals surface area contributed by atoms with Gasteiger partial charge in [-0.3, -0.25) is 9.89 Å². The SMILES string of the molecule is Cc1n[nH]c(C)c1C(=O)N1CCC(c2nnc3ccc(N4CCC4)nn23)CC1. The molecular weight excluding hydrogens is 356 g/mol. The van der Waals surface area contributed by atoms with Gasteiger partial charge in [-0.25, -0.2) is 0 Å². The summed E-state index contributed by atoms with van der Waals surface area (Å²) >= 11 is 0. The van der Waals surface area contributed by atoms with Crippen molar-refractivity contribution in [2.24, 2.45) is 0 Å². The van der Waals surface area contributed by atoms with E-state index in [1.54, 1.807) is 0 Å². The average Bonchev–Trinajstić information content (AvgIpc) is 3.23. The van der Waals surface area contributed by atoms with E-state index in [2.05, 4.69) is 25.3 Å². The average molecular weight is 380 g/mol. The van der Waals surface area contributed by atoms with Crippen LogP contribution in [0.25, 0.3) is 5.65 Å². The zero-order valence-electron chi connectivity index (χ0n) is 16.2. The van der Waals surface area contributed by atoms with E-state index in [4.69, 9.17) is 5.10 Å². The van der Waals surface area contributed by atoms with Crippen molar-refractivity contribution in [3.63, 3.8) is 0 Å². The molecule has 9 heteroatoms. The molecular formula is C19H24N8O. The van der Waals surface area contributed by atoms with Crippen molar-refractivity contribution >= 4 is 17.4 Å². The van der Waals surface area contributed by atoms with Gasteiger partial charge in [0.05, 0.1) is 11.3 Å². The first-order chi connectivity index (χ1) is 13.6. The quantitative estimate of drug-likeness (QED) is 0.743. The Morgan fingerprint density at radius 2 is 1.89 bits per heavy atom. The largest absolute Gasteiger partial charge is 0.355 e. The first-order valence-electron chi connectivity index (χ1n) is 9.90. The number of piperidine rings is 1. The lowest BCUT2D eigenvalue weighted by atomic mass is 9.95. The van der Waals surface area contributed by atoms with Crippen LogP contribution < -0.4 is 4.90 Å². The van der Waals surface area contributed by atoms with Crippen LogP contribution in [0.5, 0.6) is 0 Å². The fourth-order valence-electron chi connectivity index (χ4n) is 4.13. The molecule has 3 aromatic heterocycles. The Morgan fingerprint density at radius 1 is 1.11 bits per heavy atom. The van der Waals surface area contributed by atoms with Crippen molar-refractivity contribution in [2.75, 3.05) is 31.1 Å². The molecule has 28 heavy (non-hydrogen) atoms. The van der Waals surface area contributed by atoms with Crippen LogP contribution in [0, 0.1) is 13.8 Å². The molecule has 2 fully saturated rings.